The van der Waals surface area contributed by atoms with Crippen LogP contribution in [0.3, 0.4) is 0 Å². The first-order chi connectivity index (χ1) is 16.5. The van der Waals surface area contributed by atoms with Gasteiger partial charge in [-0.25, -0.2) is 4.98 Å². The molecule has 2 aromatic heterocycles. The summed E-state index contributed by atoms with van der Waals surface area (Å²) in [6, 6.07) is 13.8. The molecule has 174 valence electrons. The summed E-state index contributed by atoms with van der Waals surface area (Å²) in [5.41, 5.74) is 3.71. The van der Waals surface area contributed by atoms with Gasteiger partial charge in [0.1, 0.15) is 24.6 Å². The highest BCUT2D eigenvalue weighted by atomic mass is 32.1. The number of amides is 1. The fourth-order valence-corrected chi connectivity index (χ4v) is 4.96. The summed E-state index contributed by atoms with van der Waals surface area (Å²) in [4.78, 5) is 33.3. The monoisotopic (exact) mass is 475 g/mol. The third-order valence-electron chi connectivity index (χ3n) is 5.94. The molecular formula is C26H25N3O4S. The summed E-state index contributed by atoms with van der Waals surface area (Å²) in [6.07, 6.45) is 1.47. The van der Waals surface area contributed by atoms with Crippen LogP contribution in [0.5, 0.6) is 11.5 Å². The van der Waals surface area contributed by atoms with Crippen LogP contribution in [-0.2, 0) is 17.9 Å². The van der Waals surface area contributed by atoms with E-state index in [-0.39, 0.29) is 18.0 Å². The third-order valence-corrected chi connectivity index (χ3v) is 6.83. The lowest BCUT2D eigenvalue weighted by Gasteiger charge is -2.23. The summed E-state index contributed by atoms with van der Waals surface area (Å²) < 4.78 is 12.6. The summed E-state index contributed by atoms with van der Waals surface area (Å²) in [6.45, 7) is 5.87. The zero-order valence-corrected chi connectivity index (χ0v) is 19.9. The molecule has 0 bridgehead atoms. The van der Waals surface area contributed by atoms with Crippen molar-refractivity contribution in [1.82, 2.24) is 14.5 Å². The minimum atomic E-state index is -0.203. The van der Waals surface area contributed by atoms with Crippen molar-refractivity contribution in [3.05, 3.63) is 75.7 Å². The van der Waals surface area contributed by atoms with E-state index < -0.39 is 0 Å². The van der Waals surface area contributed by atoms with E-state index in [0.29, 0.717) is 42.3 Å². The molecular weight excluding hydrogens is 450 g/mol. The Kier molecular flexibility index (Phi) is 6.06. The van der Waals surface area contributed by atoms with Crippen LogP contribution < -0.4 is 15.0 Å². The summed E-state index contributed by atoms with van der Waals surface area (Å²) in [5.74, 6) is 1.27. The van der Waals surface area contributed by atoms with E-state index in [0.717, 1.165) is 28.0 Å². The Labute approximate surface area is 201 Å². The molecule has 2 aromatic carbocycles. The molecule has 7 nitrogen and oxygen atoms in total. The second-order valence-corrected chi connectivity index (χ2v) is 9.12. The maximum absolute atomic E-state index is 13.3. The molecule has 1 amide bonds. The van der Waals surface area contributed by atoms with Gasteiger partial charge < -0.3 is 14.4 Å². The molecule has 0 radical (unpaired) electrons. The molecule has 0 N–H and O–H groups in total. The molecule has 0 saturated heterocycles. The lowest BCUT2D eigenvalue weighted by atomic mass is 10.1. The van der Waals surface area contributed by atoms with Crippen LogP contribution in [0, 0.1) is 6.92 Å². The van der Waals surface area contributed by atoms with Crippen LogP contribution in [0.15, 0.2) is 59.0 Å². The van der Waals surface area contributed by atoms with Gasteiger partial charge in [-0.1, -0.05) is 35.9 Å². The minimum Gasteiger partial charge on any atom is -0.486 e. The Balaban J connectivity index is 1.39. The summed E-state index contributed by atoms with van der Waals surface area (Å²) in [7, 11) is 0. The zero-order chi connectivity index (χ0) is 23.7. The minimum absolute atomic E-state index is 0.0661. The SMILES string of the molecule is CCN(Cc1ccc2c(c1)OCCO2)C(=O)Cn1cnc2scc(-c3ccc(C)cc3)c2c1=O. The Morgan fingerprint density at radius 2 is 1.88 bits per heavy atom. The van der Waals surface area contributed by atoms with E-state index in [4.69, 9.17) is 9.47 Å². The number of aryl methyl sites for hydroxylation is 1. The predicted molar refractivity (Wildman–Crippen MR) is 133 cm³/mol. The summed E-state index contributed by atoms with van der Waals surface area (Å²) in [5, 5.41) is 2.51. The average Bonchev–Trinajstić information content (AvgIpc) is 3.29. The molecule has 0 unspecified atom stereocenters. The van der Waals surface area contributed by atoms with Crippen LogP contribution in [0.1, 0.15) is 18.1 Å². The van der Waals surface area contributed by atoms with Gasteiger partial charge in [-0.2, -0.15) is 0 Å². The molecule has 1 aliphatic rings. The van der Waals surface area contributed by atoms with Gasteiger partial charge >= 0.3 is 0 Å². The molecule has 5 rings (SSSR count). The Morgan fingerprint density at radius 3 is 2.65 bits per heavy atom. The van der Waals surface area contributed by atoms with Crippen molar-refractivity contribution < 1.29 is 14.3 Å². The lowest BCUT2D eigenvalue weighted by molar-refractivity contribution is -0.132. The van der Waals surface area contributed by atoms with Crippen LogP contribution in [0.4, 0.5) is 0 Å². The van der Waals surface area contributed by atoms with Crippen molar-refractivity contribution >= 4 is 27.5 Å². The van der Waals surface area contributed by atoms with Gasteiger partial charge in [0, 0.05) is 24.0 Å². The zero-order valence-electron chi connectivity index (χ0n) is 19.1. The number of carbonyl (C=O) groups excluding carboxylic acids is 1. The number of rotatable bonds is 6. The fourth-order valence-electron chi connectivity index (χ4n) is 4.05. The number of thiophene rings is 1. The van der Waals surface area contributed by atoms with Crippen molar-refractivity contribution in [1.29, 1.82) is 0 Å². The standard InChI is InChI=1S/C26H25N3O4S/c1-3-28(13-18-6-9-21-22(12-18)33-11-10-32-21)23(30)14-29-16-27-25-24(26(29)31)20(15-34-25)19-7-4-17(2)5-8-19/h4-9,12,15-16H,3,10-11,13-14H2,1-2H3. The number of ether oxygens (including phenoxy) is 2. The fraction of sp³-hybridized carbons (Fsp3) is 0.269. The number of fused-ring (bicyclic) bond motifs is 2. The van der Waals surface area contributed by atoms with Crippen molar-refractivity contribution in [2.45, 2.75) is 26.9 Å². The number of aromatic nitrogens is 2. The van der Waals surface area contributed by atoms with Crippen LogP contribution in [0.2, 0.25) is 0 Å². The average molecular weight is 476 g/mol. The number of nitrogens with zero attached hydrogens (tertiary/aromatic N) is 3. The van der Waals surface area contributed by atoms with E-state index >= 15 is 0 Å². The highest BCUT2D eigenvalue weighted by Gasteiger charge is 2.19. The van der Waals surface area contributed by atoms with Gasteiger partial charge in [0.05, 0.1) is 11.7 Å². The van der Waals surface area contributed by atoms with E-state index in [1.807, 2.05) is 61.7 Å². The van der Waals surface area contributed by atoms with Crippen molar-refractivity contribution in [2.24, 2.45) is 0 Å². The van der Waals surface area contributed by atoms with E-state index in [1.54, 1.807) is 4.90 Å². The molecule has 0 fully saturated rings. The lowest BCUT2D eigenvalue weighted by Crippen LogP contribution is -2.36. The first kappa shape index (κ1) is 22.2. The van der Waals surface area contributed by atoms with Crippen LogP contribution in [0.25, 0.3) is 21.3 Å². The predicted octanol–water partition coefficient (Wildman–Crippen LogP) is 4.25. The van der Waals surface area contributed by atoms with Crippen molar-refractivity contribution in [2.75, 3.05) is 19.8 Å². The second kappa shape index (κ2) is 9.30. The Bertz CT molecular complexity index is 1410. The second-order valence-electron chi connectivity index (χ2n) is 8.26. The molecule has 0 atom stereocenters. The smallest absolute Gasteiger partial charge is 0.263 e. The third kappa shape index (κ3) is 4.28. The van der Waals surface area contributed by atoms with Gasteiger partial charge in [-0.05, 0) is 37.1 Å². The number of hydrogen-bond acceptors (Lipinski definition) is 6. The Morgan fingerprint density at radius 1 is 1.12 bits per heavy atom. The molecule has 3 heterocycles. The van der Waals surface area contributed by atoms with Gasteiger partial charge in [0.2, 0.25) is 5.91 Å². The topological polar surface area (TPSA) is 73.7 Å². The van der Waals surface area contributed by atoms with Crippen LogP contribution >= 0.6 is 11.3 Å². The maximum Gasteiger partial charge on any atom is 0.263 e. The van der Waals surface area contributed by atoms with Gasteiger partial charge in [0.25, 0.3) is 5.56 Å². The van der Waals surface area contributed by atoms with Crippen LogP contribution in [-0.4, -0.2) is 40.1 Å². The molecule has 0 saturated carbocycles. The summed E-state index contributed by atoms with van der Waals surface area (Å²) >= 11 is 1.44. The quantitative estimate of drug-likeness (QED) is 0.417. The normalized spacial score (nSPS) is 12.6. The van der Waals surface area contributed by atoms with E-state index in [1.165, 1.54) is 22.2 Å². The highest BCUT2D eigenvalue weighted by Crippen LogP contribution is 2.32. The Hall–Kier alpha value is -3.65. The number of likely N-dealkylation sites (N-methyl/N-ethyl adjacent to an activating group) is 1. The molecule has 8 heteroatoms. The number of hydrogen-bond donors (Lipinski definition) is 0. The van der Waals surface area contributed by atoms with Gasteiger partial charge in [-0.15, -0.1) is 11.3 Å². The molecule has 4 aromatic rings. The van der Waals surface area contributed by atoms with Crippen molar-refractivity contribution in [3.8, 4) is 22.6 Å². The van der Waals surface area contributed by atoms with Crippen molar-refractivity contribution in [3.63, 3.8) is 0 Å². The number of benzene rings is 2. The number of carbonyl (C=O) groups is 1. The molecule has 0 spiro atoms. The first-order valence-corrected chi connectivity index (χ1v) is 12.1. The first-order valence-electron chi connectivity index (χ1n) is 11.2. The van der Waals surface area contributed by atoms with Gasteiger partial charge in [0.15, 0.2) is 11.5 Å². The highest BCUT2D eigenvalue weighted by molar-refractivity contribution is 7.17. The van der Waals surface area contributed by atoms with Gasteiger partial charge in [-0.3, -0.25) is 14.2 Å². The maximum atomic E-state index is 13.3. The largest absolute Gasteiger partial charge is 0.486 e. The molecule has 0 aliphatic carbocycles. The molecule has 34 heavy (non-hydrogen) atoms. The van der Waals surface area contributed by atoms with E-state index in [9.17, 15) is 9.59 Å². The molecule has 1 aliphatic heterocycles. The van der Waals surface area contributed by atoms with E-state index in [2.05, 4.69) is 4.98 Å².